The molecule has 184 valence electrons. The molecule has 1 aromatic carbocycles. The molecule has 2 aromatic rings. The molecule has 1 aliphatic rings. The van der Waals surface area contributed by atoms with Gasteiger partial charge in [0.15, 0.2) is 5.96 Å². The van der Waals surface area contributed by atoms with Gasteiger partial charge in [-0.3, -0.25) is 9.58 Å². The summed E-state index contributed by atoms with van der Waals surface area (Å²) in [6.07, 6.45) is 3.52. The van der Waals surface area contributed by atoms with Gasteiger partial charge in [0.1, 0.15) is 5.60 Å². The van der Waals surface area contributed by atoms with Crippen molar-refractivity contribution in [1.29, 1.82) is 0 Å². The zero-order valence-corrected chi connectivity index (χ0v) is 23.0. The lowest BCUT2D eigenvalue weighted by Crippen LogP contribution is -2.49. The van der Waals surface area contributed by atoms with Crippen LogP contribution in [0.25, 0.3) is 0 Å². The van der Waals surface area contributed by atoms with Crippen LogP contribution in [0.15, 0.2) is 35.6 Å². The van der Waals surface area contributed by atoms with Crippen LogP contribution in [-0.2, 0) is 12.6 Å². The van der Waals surface area contributed by atoms with Gasteiger partial charge >= 0.3 is 0 Å². The number of anilines is 1. The van der Waals surface area contributed by atoms with Crippen molar-refractivity contribution in [3.63, 3.8) is 0 Å². The third kappa shape index (κ3) is 7.58. The van der Waals surface area contributed by atoms with Gasteiger partial charge in [-0.25, -0.2) is 4.99 Å². The van der Waals surface area contributed by atoms with Gasteiger partial charge in [0, 0.05) is 70.3 Å². The van der Waals surface area contributed by atoms with Crippen LogP contribution in [0.4, 0.5) is 5.69 Å². The van der Waals surface area contributed by atoms with E-state index >= 15 is 0 Å². The smallest absolute Gasteiger partial charge is 0.191 e. The molecule has 1 atom stereocenters. The summed E-state index contributed by atoms with van der Waals surface area (Å²) < 4.78 is 1.69. The first kappa shape index (κ1) is 27.4. The molecular formula is C24H40IN7O. The number of nitrogens with one attached hydrogen (secondary N) is 2. The Morgan fingerprint density at radius 2 is 1.91 bits per heavy atom. The van der Waals surface area contributed by atoms with Crippen molar-refractivity contribution in [3.8, 4) is 0 Å². The predicted molar refractivity (Wildman–Crippen MR) is 147 cm³/mol. The highest BCUT2D eigenvalue weighted by molar-refractivity contribution is 14.0. The van der Waals surface area contributed by atoms with E-state index < -0.39 is 5.60 Å². The highest BCUT2D eigenvalue weighted by atomic mass is 127. The van der Waals surface area contributed by atoms with Crippen LogP contribution in [0.3, 0.4) is 0 Å². The normalized spacial score (nSPS) is 16.8. The van der Waals surface area contributed by atoms with E-state index in [-0.39, 0.29) is 30.5 Å². The number of piperazine rings is 1. The van der Waals surface area contributed by atoms with Crippen molar-refractivity contribution in [2.24, 2.45) is 12.0 Å². The molecule has 1 aromatic heterocycles. The maximum absolute atomic E-state index is 10.8. The van der Waals surface area contributed by atoms with Crippen LogP contribution in [0, 0.1) is 13.8 Å². The number of rotatable bonds is 8. The van der Waals surface area contributed by atoms with Crippen molar-refractivity contribution in [1.82, 2.24) is 25.3 Å². The van der Waals surface area contributed by atoms with E-state index in [1.54, 1.807) is 17.8 Å². The molecule has 1 unspecified atom stereocenters. The van der Waals surface area contributed by atoms with Crippen LogP contribution >= 0.6 is 24.0 Å². The zero-order chi connectivity index (χ0) is 23.1. The topological polar surface area (TPSA) is 80.9 Å². The predicted octanol–water partition coefficient (Wildman–Crippen LogP) is 2.24. The van der Waals surface area contributed by atoms with Crippen LogP contribution in [0.2, 0.25) is 0 Å². The summed E-state index contributed by atoms with van der Waals surface area (Å²) in [5.41, 5.74) is 3.82. The summed E-state index contributed by atoms with van der Waals surface area (Å²) in [7, 11) is 1.84. The molecule has 8 nitrogen and oxygen atoms in total. The third-order valence-electron chi connectivity index (χ3n) is 6.23. The average molecular weight is 570 g/mol. The second-order valence-electron chi connectivity index (χ2n) is 8.85. The van der Waals surface area contributed by atoms with E-state index in [4.69, 9.17) is 0 Å². The lowest BCUT2D eigenvalue weighted by atomic mass is 10.0. The van der Waals surface area contributed by atoms with Crippen molar-refractivity contribution in [2.45, 2.75) is 33.3 Å². The van der Waals surface area contributed by atoms with E-state index in [2.05, 4.69) is 62.6 Å². The number of aliphatic imine (C=N–C) groups is 1. The lowest BCUT2D eigenvalue weighted by Gasteiger charge is -2.37. The molecule has 33 heavy (non-hydrogen) atoms. The fourth-order valence-electron chi connectivity index (χ4n) is 3.99. The van der Waals surface area contributed by atoms with E-state index in [1.807, 2.05) is 20.2 Å². The Morgan fingerprint density at radius 1 is 1.18 bits per heavy atom. The first-order valence-electron chi connectivity index (χ1n) is 11.6. The second-order valence-corrected chi connectivity index (χ2v) is 8.85. The summed E-state index contributed by atoms with van der Waals surface area (Å²) >= 11 is 0. The van der Waals surface area contributed by atoms with Crippen LogP contribution < -0.4 is 15.5 Å². The minimum Gasteiger partial charge on any atom is -0.383 e. The second kappa shape index (κ2) is 12.6. The monoisotopic (exact) mass is 569 g/mol. The lowest BCUT2D eigenvalue weighted by molar-refractivity contribution is 0.0671. The molecule has 9 heteroatoms. The Bertz CT molecular complexity index is 904. The zero-order valence-electron chi connectivity index (χ0n) is 20.6. The fourth-order valence-corrected chi connectivity index (χ4v) is 3.99. The first-order chi connectivity index (χ1) is 15.3. The Hall–Kier alpha value is -1.85. The maximum atomic E-state index is 10.8. The molecule has 0 bridgehead atoms. The number of benzene rings is 1. The summed E-state index contributed by atoms with van der Waals surface area (Å²) in [5, 5.41) is 21.6. The van der Waals surface area contributed by atoms with Crippen LogP contribution in [0.5, 0.6) is 0 Å². The quantitative estimate of drug-likeness (QED) is 0.257. The van der Waals surface area contributed by atoms with Crippen molar-refractivity contribution < 1.29 is 5.11 Å². The van der Waals surface area contributed by atoms with E-state index in [0.717, 1.165) is 57.3 Å². The van der Waals surface area contributed by atoms with Gasteiger partial charge in [-0.05, 0) is 44.9 Å². The maximum Gasteiger partial charge on any atom is 0.191 e. The molecule has 3 rings (SSSR count). The molecular weight excluding hydrogens is 529 g/mol. The molecule has 1 fully saturated rings. The largest absolute Gasteiger partial charge is 0.383 e. The van der Waals surface area contributed by atoms with Crippen LogP contribution in [-0.4, -0.2) is 78.1 Å². The number of nitrogens with zero attached hydrogens (tertiary/aromatic N) is 5. The molecule has 0 aliphatic carbocycles. The summed E-state index contributed by atoms with van der Waals surface area (Å²) in [6.45, 7) is 15.2. The molecule has 1 aliphatic heterocycles. The van der Waals surface area contributed by atoms with Gasteiger partial charge < -0.3 is 20.6 Å². The fraction of sp³-hybridized carbons (Fsp3) is 0.583. The average Bonchev–Trinajstić information content (AvgIpc) is 3.22. The minimum atomic E-state index is -1.05. The first-order valence-corrected chi connectivity index (χ1v) is 11.6. The summed E-state index contributed by atoms with van der Waals surface area (Å²) in [5.74, 6) is 0.727. The van der Waals surface area contributed by atoms with Gasteiger partial charge in [0.05, 0.1) is 12.7 Å². The number of hydrogen-bond donors (Lipinski definition) is 3. The highest BCUT2D eigenvalue weighted by Crippen LogP contribution is 2.23. The number of guanidine groups is 1. The molecule has 2 heterocycles. The van der Waals surface area contributed by atoms with Crippen LogP contribution in [0.1, 0.15) is 30.5 Å². The molecule has 0 saturated carbocycles. The number of aromatic nitrogens is 2. The molecule has 0 radical (unpaired) electrons. The Morgan fingerprint density at radius 3 is 2.55 bits per heavy atom. The number of halogens is 1. The number of aryl methyl sites for hydroxylation is 2. The number of hydrogen-bond acceptors (Lipinski definition) is 5. The Labute approximate surface area is 215 Å². The Kier molecular flexibility index (Phi) is 10.4. The SMILES string of the molecule is CCNC(=NCC(C)(O)c1cnn(C)c1)NCCN1CCN(c2cccc(C)c2C)CC1.I. The molecule has 0 amide bonds. The van der Waals surface area contributed by atoms with E-state index in [1.165, 1.54) is 16.8 Å². The highest BCUT2D eigenvalue weighted by Gasteiger charge is 2.24. The molecule has 3 N–H and O–H groups in total. The van der Waals surface area contributed by atoms with Gasteiger partial charge in [0.25, 0.3) is 0 Å². The summed E-state index contributed by atoms with van der Waals surface area (Å²) in [4.78, 5) is 9.59. The Balaban J connectivity index is 0.00000385. The summed E-state index contributed by atoms with van der Waals surface area (Å²) in [6, 6.07) is 6.57. The minimum absolute atomic E-state index is 0. The van der Waals surface area contributed by atoms with Gasteiger partial charge in [-0.15, -0.1) is 24.0 Å². The van der Waals surface area contributed by atoms with Gasteiger partial charge in [-0.2, -0.15) is 5.10 Å². The molecule has 0 spiro atoms. The van der Waals surface area contributed by atoms with Crippen molar-refractivity contribution in [3.05, 3.63) is 47.3 Å². The van der Waals surface area contributed by atoms with E-state index in [0.29, 0.717) is 0 Å². The third-order valence-corrected chi connectivity index (χ3v) is 6.23. The van der Waals surface area contributed by atoms with E-state index in [9.17, 15) is 5.11 Å². The van der Waals surface area contributed by atoms with Crippen molar-refractivity contribution in [2.75, 3.05) is 57.3 Å². The van der Waals surface area contributed by atoms with Gasteiger partial charge in [-0.1, -0.05) is 12.1 Å². The molecule has 1 saturated heterocycles. The van der Waals surface area contributed by atoms with Crippen molar-refractivity contribution >= 4 is 35.6 Å². The van der Waals surface area contributed by atoms with Gasteiger partial charge in [0.2, 0.25) is 0 Å². The standard InChI is InChI=1S/C24H39N7O.HI/c1-6-25-23(27-18-24(4,32)21-16-28-29(5)17-21)26-10-11-30-12-14-31(15-13-30)22-9-7-8-19(2)20(22)3;/h7-9,16-17,32H,6,10-15,18H2,1-5H3,(H2,25,26,27);1H. The number of aliphatic hydroxyl groups is 1.